The van der Waals surface area contributed by atoms with E-state index >= 15 is 0 Å². The zero-order valence-electron chi connectivity index (χ0n) is 15.7. The summed E-state index contributed by atoms with van der Waals surface area (Å²) in [7, 11) is 0. The third-order valence-corrected chi connectivity index (χ3v) is 5.45. The normalized spacial score (nSPS) is 11.5. The van der Waals surface area contributed by atoms with Gasteiger partial charge in [0.25, 0.3) is 5.91 Å². The maximum Gasteiger partial charge on any atom is 0.335 e. The summed E-state index contributed by atoms with van der Waals surface area (Å²) >= 11 is 7.36. The molecular weight excluding hydrogens is 428 g/mol. The average Bonchev–Trinajstić information content (AvgIpc) is 3.26. The van der Waals surface area contributed by atoms with Crippen molar-refractivity contribution >= 4 is 52.5 Å². The Bertz CT molecular complexity index is 1070. The zero-order valence-corrected chi connectivity index (χ0v) is 17.3. The van der Waals surface area contributed by atoms with Gasteiger partial charge in [0.05, 0.1) is 27.8 Å². The molecule has 2 aromatic carbocycles. The standard InChI is InChI=1S/C21H17ClN2O5S/c1-12(19(25)24-17-11-13(21(27)28)4-9-16(17)22)30-15-7-5-14(6-8-15)23-20(26)18-3-2-10-29-18/h2-12H,1H3,(H,23,26)(H,24,25)(H,27,28). The molecule has 2 amide bonds. The van der Waals surface area contributed by atoms with Crippen LogP contribution in [-0.2, 0) is 4.79 Å². The first-order valence-corrected chi connectivity index (χ1v) is 10.0. The van der Waals surface area contributed by atoms with Crippen LogP contribution in [-0.4, -0.2) is 28.1 Å². The van der Waals surface area contributed by atoms with Crippen molar-refractivity contribution in [3.05, 3.63) is 77.2 Å². The molecule has 0 radical (unpaired) electrons. The number of carboxylic acid groups (broad SMARTS) is 1. The zero-order chi connectivity index (χ0) is 21.7. The number of carbonyl (C=O) groups excluding carboxylic acids is 2. The Morgan fingerprint density at radius 1 is 1.07 bits per heavy atom. The van der Waals surface area contributed by atoms with Gasteiger partial charge in [-0.05, 0) is 61.5 Å². The minimum atomic E-state index is -1.11. The number of benzene rings is 2. The Balaban J connectivity index is 1.59. The van der Waals surface area contributed by atoms with E-state index in [4.69, 9.17) is 21.1 Å². The maximum absolute atomic E-state index is 12.5. The molecule has 3 aromatic rings. The molecule has 0 aliphatic carbocycles. The van der Waals surface area contributed by atoms with E-state index in [1.807, 2.05) is 0 Å². The third kappa shape index (κ3) is 5.43. The predicted molar refractivity (Wildman–Crippen MR) is 115 cm³/mol. The molecule has 0 saturated heterocycles. The van der Waals surface area contributed by atoms with Crippen LogP contribution < -0.4 is 10.6 Å². The fraction of sp³-hybridized carbons (Fsp3) is 0.0952. The van der Waals surface area contributed by atoms with Crippen LogP contribution in [0.2, 0.25) is 5.02 Å². The van der Waals surface area contributed by atoms with E-state index in [1.54, 1.807) is 43.3 Å². The number of furan rings is 1. The average molecular weight is 445 g/mol. The molecule has 0 fully saturated rings. The van der Waals surface area contributed by atoms with E-state index in [0.29, 0.717) is 5.69 Å². The molecule has 7 nitrogen and oxygen atoms in total. The van der Waals surface area contributed by atoms with Crippen molar-refractivity contribution in [2.45, 2.75) is 17.1 Å². The fourth-order valence-corrected chi connectivity index (χ4v) is 3.50. The van der Waals surface area contributed by atoms with Gasteiger partial charge < -0.3 is 20.2 Å². The Hall–Kier alpha value is -3.23. The number of thioether (sulfide) groups is 1. The van der Waals surface area contributed by atoms with Gasteiger partial charge in [-0.1, -0.05) is 11.6 Å². The number of hydrogen-bond acceptors (Lipinski definition) is 5. The highest BCUT2D eigenvalue weighted by molar-refractivity contribution is 8.00. The van der Waals surface area contributed by atoms with E-state index < -0.39 is 11.2 Å². The van der Waals surface area contributed by atoms with Gasteiger partial charge in [0, 0.05) is 10.6 Å². The van der Waals surface area contributed by atoms with Crippen molar-refractivity contribution in [1.29, 1.82) is 0 Å². The van der Waals surface area contributed by atoms with Crippen LogP contribution in [0.15, 0.2) is 70.2 Å². The number of carbonyl (C=O) groups is 3. The molecule has 0 spiro atoms. The van der Waals surface area contributed by atoms with Gasteiger partial charge in [-0.2, -0.15) is 0 Å². The summed E-state index contributed by atoms with van der Waals surface area (Å²) in [5.74, 6) is -1.57. The van der Waals surface area contributed by atoms with Crippen LogP contribution in [0.1, 0.15) is 27.8 Å². The quantitative estimate of drug-likeness (QED) is 0.442. The second kappa shape index (κ2) is 9.51. The number of carboxylic acids is 1. The van der Waals surface area contributed by atoms with Crippen molar-refractivity contribution < 1.29 is 23.9 Å². The molecule has 9 heteroatoms. The van der Waals surface area contributed by atoms with Gasteiger partial charge in [-0.25, -0.2) is 4.79 Å². The molecule has 0 aliphatic rings. The molecule has 1 heterocycles. The monoisotopic (exact) mass is 444 g/mol. The Morgan fingerprint density at radius 3 is 2.43 bits per heavy atom. The summed E-state index contributed by atoms with van der Waals surface area (Å²) in [5.41, 5.74) is 0.863. The Kier molecular flexibility index (Phi) is 6.81. The first kappa shape index (κ1) is 21.5. The molecule has 3 N–H and O–H groups in total. The first-order valence-electron chi connectivity index (χ1n) is 8.79. The smallest absolute Gasteiger partial charge is 0.335 e. The molecule has 154 valence electrons. The predicted octanol–water partition coefficient (Wildman–Crippen LogP) is 5.00. The number of hydrogen-bond donors (Lipinski definition) is 3. The number of aromatic carboxylic acids is 1. The summed E-state index contributed by atoms with van der Waals surface area (Å²) in [6.07, 6.45) is 1.42. The summed E-state index contributed by atoms with van der Waals surface area (Å²) in [6, 6.07) is 14.3. The lowest BCUT2D eigenvalue weighted by Crippen LogP contribution is -2.22. The molecule has 1 atom stereocenters. The van der Waals surface area contributed by atoms with Crippen molar-refractivity contribution in [3.63, 3.8) is 0 Å². The van der Waals surface area contributed by atoms with Crippen LogP contribution in [0.3, 0.4) is 0 Å². The van der Waals surface area contributed by atoms with Crippen LogP contribution in [0.5, 0.6) is 0 Å². The second-order valence-electron chi connectivity index (χ2n) is 6.20. The van der Waals surface area contributed by atoms with Crippen molar-refractivity contribution in [2.24, 2.45) is 0 Å². The lowest BCUT2D eigenvalue weighted by molar-refractivity contribution is -0.115. The van der Waals surface area contributed by atoms with E-state index in [9.17, 15) is 14.4 Å². The van der Waals surface area contributed by atoms with E-state index in [1.165, 1.54) is 36.2 Å². The van der Waals surface area contributed by atoms with Crippen molar-refractivity contribution in [1.82, 2.24) is 0 Å². The van der Waals surface area contributed by atoms with Crippen molar-refractivity contribution in [2.75, 3.05) is 10.6 Å². The van der Waals surface area contributed by atoms with E-state index in [2.05, 4.69) is 10.6 Å². The van der Waals surface area contributed by atoms with Crippen molar-refractivity contribution in [3.8, 4) is 0 Å². The lowest BCUT2D eigenvalue weighted by atomic mass is 10.2. The minimum absolute atomic E-state index is 0.0298. The van der Waals surface area contributed by atoms with Crippen LogP contribution in [0.25, 0.3) is 0 Å². The minimum Gasteiger partial charge on any atom is -0.478 e. The molecule has 1 aromatic heterocycles. The fourth-order valence-electron chi connectivity index (χ4n) is 2.46. The molecule has 30 heavy (non-hydrogen) atoms. The third-order valence-electron chi connectivity index (χ3n) is 4.01. The first-order chi connectivity index (χ1) is 14.3. The molecular formula is C21H17ClN2O5S. The van der Waals surface area contributed by atoms with E-state index in [-0.39, 0.29) is 33.8 Å². The van der Waals surface area contributed by atoms with Gasteiger partial charge in [0.2, 0.25) is 5.91 Å². The highest BCUT2D eigenvalue weighted by Gasteiger charge is 2.17. The van der Waals surface area contributed by atoms with Gasteiger partial charge in [-0.15, -0.1) is 11.8 Å². The molecule has 0 saturated carbocycles. The number of anilines is 2. The molecule has 0 aliphatic heterocycles. The molecule has 3 rings (SSSR count). The Morgan fingerprint density at radius 2 is 1.80 bits per heavy atom. The number of halogens is 1. The van der Waals surface area contributed by atoms with Gasteiger partial charge >= 0.3 is 5.97 Å². The topological polar surface area (TPSA) is 109 Å². The second-order valence-corrected chi connectivity index (χ2v) is 8.03. The number of amides is 2. The van der Waals surface area contributed by atoms with Crippen LogP contribution in [0.4, 0.5) is 11.4 Å². The van der Waals surface area contributed by atoms with Gasteiger partial charge in [0.15, 0.2) is 5.76 Å². The lowest BCUT2D eigenvalue weighted by Gasteiger charge is -2.14. The SMILES string of the molecule is CC(Sc1ccc(NC(=O)c2ccco2)cc1)C(=O)Nc1cc(C(=O)O)ccc1Cl. The summed E-state index contributed by atoms with van der Waals surface area (Å²) in [5, 5.41) is 14.2. The Labute approximate surface area is 181 Å². The summed E-state index contributed by atoms with van der Waals surface area (Å²) in [6.45, 7) is 1.72. The highest BCUT2D eigenvalue weighted by Crippen LogP contribution is 2.28. The number of nitrogens with one attached hydrogen (secondary N) is 2. The summed E-state index contributed by atoms with van der Waals surface area (Å²) < 4.78 is 5.05. The maximum atomic E-state index is 12.5. The highest BCUT2D eigenvalue weighted by atomic mass is 35.5. The van der Waals surface area contributed by atoms with Gasteiger partial charge in [-0.3, -0.25) is 9.59 Å². The summed E-state index contributed by atoms with van der Waals surface area (Å²) in [4.78, 5) is 36.4. The number of rotatable bonds is 7. The van der Waals surface area contributed by atoms with Crippen LogP contribution in [0, 0.1) is 0 Å². The largest absolute Gasteiger partial charge is 0.478 e. The van der Waals surface area contributed by atoms with Crippen LogP contribution >= 0.6 is 23.4 Å². The molecule has 0 bridgehead atoms. The van der Waals surface area contributed by atoms with Gasteiger partial charge in [0.1, 0.15) is 0 Å². The molecule has 1 unspecified atom stereocenters. The van der Waals surface area contributed by atoms with E-state index in [0.717, 1.165) is 4.90 Å².